The Morgan fingerprint density at radius 2 is 0.848 bits per heavy atom. The Balaban J connectivity index is 0.000000186. The number of benzene rings is 1. The number of carbonyl (C=O) groups is 3. The molecule has 1 aromatic carbocycles. The number of hydrogen-bond acceptors (Lipinski definition) is 11. The van der Waals surface area contributed by atoms with Crippen molar-refractivity contribution in [1.29, 1.82) is 0 Å². The third kappa shape index (κ3) is 10.1. The first-order chi connectivity index (χ1) is 21.9. The number of aromatic hydroxyl groups is 3. The number of nitrogens with zero attached hydrogens (tertiary/aromatic N) is 5. The number of pyridine rings is 2. The maximum absolute atomic E-state index is 11.9. The van der Waals surface area contributed by atoms with E-state index in [-0.39, 0.29) is 52.0 Å². The van der Waals surface area contributed by atoms with E-state index in [0.717, 1.165) is 0 Å². The van der Waals surface area contributed by atoms with Crippen molar-refractivity contribution < 1.29 is 61.0 Å². The van der Waals surface area contributed by atoms with Crippen LogP contribution in [0.5, 0.6) is 17.2 Å². The summed E-state index contributed by atoms with van der Waals surface area (Å²) in [6.45, 7) is 6.81. The predicted octanol–water partition coefficient (Wildman–Crippen LogP) is 1.38. The zero-order chi connectivity index (χ0) is 32.0. The van der Waals surface area contributed by atoms with E-state index >= 15 is 0 Å². The van der Waals surface area contributed by atoms with Crippen molar-refractivity contribution in [1.82, 2.24) is 24.7 Å². The van der Waals surface area contributed by atoms with Crippen molar-refractivity contribution in [3.8, 4) is 17.2 Å². The minimum atomic E-state index is -0.168. The van der Waals surface area contributed by atoms with Gasteiger partial charge in [0.15, 0.2) is 0 Å². The Morgan fingerprint density at radius 3 is 1.17 bits per heavy atom. The van der Waals surface area contributed by atoms with Crippen molar-refractivity contribution in [3.05, 3.63) is 77.9 Å². The van der Waals surface area contributed by atoms with Gasteiger partial charge in [-0.1, -0.05) is 12.1 Å². The van der Waals surface area contributed by atoms with Gasteiger partial charge in [0.25, 0.3) is 17.7 Å². The molecule has 0 saturated carbocycles. The van der Waals surface area contributed by atoms with Gasteiger partial charge in [0.1, 0.15) is 17.2 Å². The molecule has 0 bridgehead atoms. The average Bonchev–Trinajstić information content (AvgIpc) is 3.10. The van der Waals surface area contributed by atoms with Gasteiger partial charge in [-0.25, -0.2) is 0 Å². The molecule has 3 aliphatic heterocycles. The number of aromatic nitrogens is 2. The summed E-state index contributed by atoms with van der Waals surface area (Å²) < 4.78 is 15.5. The van der Waals surface area contributed by atoms with Crippen LogP contribution in [-0.4, -0.2) is 137 Å². The summed E-state index contributed by atoms with van der Waals surface area (Å²) in [5.74, 6) is -0.579. The van der Waals surface area contributed by atoms with Crippen LogP contribution in [0.3, 0.4) is 0 Å². The van der Waals surface area contributed by atoms with Crippen molar-refractivity contribution in [2.24, 2.45) is 0 Å². The van der Waals surface area contributed by atoms with Gasteiger partial charge < -0.3 is 44.2 Å². The van der Waals surface area contributed by atoms with Gasteiger partial charge in [-0.3, -0.25) is 24.4 Å². The third-order valence-corrected chi connectivity index (χ3v) is 7.09. The van der Waals surface area contributed by atoms with E-state index in [0.29, 0.717) is 95.6 Å². The molecule has 0 spiro atoms. The molecule has 6 rings (SSSR count). The van der Waals surface area contributed by atoms with Crippen molar-refractivity contribution in [2.75, 3.05) is 78.9 Å². The fourth-order valence-corrected chi connectivity index (χ4v) is 4.60. The summed E-state index contributed by atoms with van der Waals surface area (Å²) in [5.41, 5.74) is 0.957. The number of amides is 3. The first-order valence-corrected chi connectivity index (χ1v) is 14.5. The van der Waals surface area contributed by atoms with Crippen LogP contribution < -0.4 is 0 Å². The Bertz CT molecular complexity index is 1260. The molecular weight excluding hydrogens is 642 g/mol. The SMILES string of the molecule is O=C(c1ccccc1O)N1CCOCC1.O=C(c1ccncc1O)N1CCOCC1.O=C(c1ccncc1O)N1CCOCC1.[Fe]. The number of phenols is 1. The molecule has 5 heterocycles. The third-order valence-electron chi connectivity index (χ3n) is 7.09. The molecule has 3 aromatic rings. The van der Waals surface area contributed by atoms with Crippen LogP contribution in [0.25, 0.3) is 0 Å². The molecule has 3 fully saturated rings. The van der Waals surface area contributed by atoms with Gasteiger partial charge in [0, 0.05) is 68.7 Å². The maximum atomic E-state index is 11.9. The summed E-state index contributed by atoms with van der Waals surface area (Å²) in [7, 11) is 0. The Hall–Kier alpha value is -4.27. The predicted molar refractivity (Wildman–Crippen MR) is 160 cm³/mol. The second-order valence-electron chi connectivity index (χ2n) is 10.0. The van der Waals surface area contributed by atoms with Crippen LogP contribution in [0.4, 0.5) is 0 Å². The molecule has 3 N–H and O–H groups in total. The van der Waals surface area contributed by atoms with Gasteiger partial charge in [0.2, 0.25) is 0 Å². The van der Waals surface area contributed by atoms with Gasteiger partial charge in [-0.15, -0.1) is 0 Å². The normalized spacial score (nSPS) is 16.0. The van der Waals surface area contributed by atoms with Crippen LogP contribution in [0.15, 0.2) is 61.2 Å². The van der Waals surface area contributed by atoms with E-state index in [4.69, 9.17) is 14.2 Å². The monoisotopic (exact) mass is 679 g/mol. The van der Waals surface area contributed by atoms with Crippen LogP contribution >= 0.6 is 0 Å². The second kappa shape index (κ2) is 18.6. The van der Waals surface area contributed by atoms with Gasteiger partial charge >= 0.3 is 0 Å². The Morgan fingerprint density at radius 1 is 0.522 bits per heavy atom. The summed E-state index contributed by atoms with van der Waals surface area (Å²) in [4.78, 5) is 48.2. The van der Waals surface area contributed by atoms with Crippen molar-refractivity contribution in [2.45, 2.75) is 0 Å². The van der Waals surface area contributed by atoms with Crippen molar-refractivity contribution in [3.63, 3.8) is 0 Å². The zero-order valence-corrected chi connectivity index (χ0v) is 26.2. The molecule has 3 aliphatic rings. The molecule has 3 saturated heterocycles. The first kappa shape index (κ1) is 36.2. The maximum Gasteiger partial charge on any atom is 0.257 e. The Labute approximate surface area is 277 Å². The number of ether oxygens (including phenoxy) is 3. The van der Waals surface area contributed by atoms with E-state index in [2.05, 4.69) is 9.97 Å². The van der Waals surface area contributed by atoms with Crippen LogP contribution in [0.2, 0.25) is 0 Å². The minimum Gasteiger partial charge on any atom is -0.507 e. The topological polar surface area (TPSA) is 175 Å². The second-order valence-corrected chi connectivity index (χ2v) is 10.0. The standard InChI is InChI=1S/C11H13NO3.2C10H12N2O3.Fe/c13-10-4-2-1-3-9(10)11(14)12-5-7-15-8-6-12;2*13-9-7-11-2-1-8(9)10(14)12-3-5-15-6-4-12;/h1-4,13H,5-8H2;2*1-2,7,13H,3-6H2;. The molecule has 2 aromatic heterocycles. The summed E-state index contributed by atoms with van der Waals surface area (Å²) in [6.07, 6.45) is 5.53. The molecule has 0 unspecified atom stereocenters. The first-order valence-electron chi connectivity index (χ1n) is 14.5. The van der Waals surface area contributed by atoms with Crippen molar-refractivity contribution >= 4 is 17.7 Å². The summed E-state index contributed by atoms with van der Waals surface area (Å²) in [5, 5.41) is 28.5. The fraction of sp³-hybridized carbons (Fsp3) is 0.387. The quantitative estimate of drug-likeness (QED) is 0.341. The number of morpholine rings is 3. The van der Waals surface area contributed by atoms with E-state index < -0.39 is 0 Å². The number of para-hydroxylation sites is 1. The van der Waals surface area contributed by atoms with E-state index in [9.17, 15) is 29.7 Å². The molecule has 0 radical (unpaired) electrons. The van der Waals surface area contributed by atoms with Gasteiger partial charge in [-0.2, -0.15) is 0 Å². The summed E-state index contributed by atoms with van der Waals surface area (Å²) in [6, 6.07) is 9.64. The van der Waals surface area contributed by atoms with E-state index in [1.807, 2.05) is 0 Å². The van der Waals surface area contributed by atoms with Crippen LogP contribution in [-0.2, 0) is 31.3 Å². The summed E-state index contributed by atoms with van der Waals surface area (Å²) >= 11 is 0. The number of phenolic OH excluding ortho intramolecular Hbond substituents is 1. The minimum absolute atomic E-state index is 0. The molecular formula is C31H37FeN5O9. The van der Waals surface area contributed by atoms with Gasteiger partial charge in [0.05, 0.1) is 68.7 Å². The molecule has 248 valence electrons. The number of carbonyl (C=O) groups excluding carboxylic acids is 3. The zero-order valence-electron chi connectivity index (χ0n) is 25.1. The van der Waals surface area contributed by atoms with Crippen LogP contribution in [0, 0.1) is 0 Å². The smallest absolute Gasteiger partial charge is 0.257 e. The molecule has 3 amide bonds. The van der Waals surface area contributed by atoms with E-state index in [1.54, 1.807) is 32.9 Å². The molecule has 15 heteroatoms. The molecule has 0 atom stereocenters. The van der Waals surface area contributed by atoms with Gasteiger partial charge in [-0.05, 0) is 24.3 Å². The molecule has 0 aliphatic carbocycles. The Kier molecular flexibility index (Phi) is 14.7. The fourth-order valence-electron chi connectivity index (χ4n) is 4.60. The number of hydrogen-bond donors (Lipinski definition) is 3. The number of rotatable bonds is 3. The van der Waals surface area contributed by atoms with E-state index in [1.165, 1.54) is 43.0 Å². The largest absolute Gasteiger partial charge is 0.507 e. The molecule has 14 nitrogen and oxygen atoms in total. The molecule has 46 heavy (non-hydrogen) atoms. The average molecular weight is 680 g/mol. The van der Waals surface area contributed by atoms with Crippen LogP contribution in [0.1, 0.15) is 31.1 Å².